The van der Waals surface area contributed by atoms with E-state index < -0.39 is 28.5 Å². The van der Waals surface area contributed by atoms with Crippen molar-refractivity contribution < 1.29 is 27.9 Å². The molecule has 0 saturated heterocycles. The van der Waals surface area contributed by atoms with Crippen molar-refractivity contribution in [1.29, 1.82) is 0 Å². The van der Waals surface area contributed by atoms with Crippen LogP contribution in [0.25, 0.3) is 0 Å². The minimum Gasteiger partial charge on any atom is -0.550 e. The largest absolute Gasteiger partial charge is 0.550 e. The monoisotopic (exact) mass is 405 g/mol. The van der Waals surface area contributed by atoms with Crippen molar-refractivity contribution in [1.82, 2.24) is 4.72 Å². The van der Waals surface area contributed by atoms with Crippen LogP contribution in [-0.4, -0.2) is 26.9 Å². The Kier molecular flexibility index (Phi) is 7.13. The lowest BCUT2D eigenvalue weighted by Crippen LogP contribution is -2.34. The number of nitrogens with one attached hydrogen (secondary N) is 2. The highest BCUT2D eigenvalue weighted by molar-refractivity contribution is 7.89. The van der Waals surface area contributed by atoms with Crippen LogP contribution in [-0.2, 0) is 19.6 Å². The van der Waals surface area contributed by atoms with Crippen LogP contribution in [0.4, 0.5) is 5.69 Å². The van der Waals surface area contributed by atoms with Crippen LogP contribution in [0.15, 0.2) is 53.4 Å². The molecule has 0 aliphatic heterocycles. The Bertz CT molecular complexity index is 924. The van der Waals surface area contributed by atoms with Gasteiger partial charge in [-0.2, -0.15) is 0 Å². The van der Waals surface area contributed by atoms with Gasteiger partial charge < -0.3 is 20.0 Å². The zero-order chi connectivity index (χ0) is 20.7. The summed E-state index contributed by atoms with van der Waals surface area (Å²) in [7, 11) is -4.00. The molecule has 1 amide bonds. The summed E-state index contributed by atoms with van der Waals surface area (Å²) in [5, 5.41) is 13.7. The van der Waals surface area contributed by atoms with Crippen molar-refractivity contribution in [2.75, 3.05) is 11.9 Å². The third kappa shape index (κ3) is 6.07. The average molecular weight is 405 g/mol. The number of amides is 1. The van der Waals surface area contributed by atoms with E-state index in [1.165, 1.54) is 31.2 Å². The molecule has 0 aliphatic carbocycles. The Balaban J connectivity index is 2.24. The summed E-state index contributed by atoms with van der Waals surface area (Å²) in [4.78, 5) is 22.1. The van der Waals surface area contributed by atoms with E-state index in [9.17, 15) is 23.1 Å². The van der Waals surface area contributed by atoms with Crippen LogP contribution in [0.1, 0.15) is 31.9 Å². The Labute approximate surface area is 163 Å². The third-order valence-electron chi connectivity index (χ3n) is 3.75. The smallest absolute Gasteiger partial charge is 0.241 e. The van der Waals surface area contributed by atoms with Gasteiger partial charge in [0.2, 0.25) is 15.9 Å². The van der Waals surface area contributed by atoms with Crippen LogP contribution in [0.3, 0.4) is 0 Å². The molecule has 2 aromatic rings. The van der Waals surface area contributed by atoms with E-state index in [1.54, 1.807) is 24.3 Å². The van der Waals surface area contributed by atoms with Gasteiger partial charge in [0, 0.05) is 25.0 Å². The molecule has 0 radical (unpaired) electrons. The van der Waals surface area contributed by atoms with Gasteiger partial charge in [0.05, 0.1) is 17.5 Å². The molecule has 2 rings (SSSR count). The summed E-state index contributed by atoms with van der Waals surface area (Å²) >= 11 is 0. The highest BCUT2D eigenvalue weighted by Crippen LogP contribution is 2.23. The van der Waals surface area contributed by atoms with E-state index in [4.69, 9.17) is 4.74 Å². The molecule has 0 saturated carbocycles. The van der Waals surface area contributed by atoms with Gasteiger partial charge in [0.1, 0.15) is 5.75 Å². The number of carbonyl (C=O) groups is 2. The number of benzene rings is 2. The minimum absolute atomic E-state index is 0.0594. The van der Waals surface area contributed by atoms with Crippen molar-refractivity contribution >= 4 is 27.6 Å². The number of aliphatic carboxylic acids is 1. The van der Waals surface area contributed by atoms with E-state index >= 15 is 0 Å². The van der Waals surface area contributed by atoms with Crippen LogP contribution >= 0.6 is 0 Å². The van der Waals surface area contributed by atoms with E-state index in [0.717, 1.165) is 0 Å². The Morgan fingerprint density at radius 2 is 1.68 bits per heavy atom. The number of hydrogen-bond acceptors (Lipinski definition) is 6. The molecule has 0 unspecified atom stereocenters. The molecule has 28 heavy (non-hydrogen) atoms. The maximum atomic E-state index is 12.7. The fraction of sp³-hybridized carbons (Fsp3) is 0.263. The van der Waals surface area contributed by atoms with Gasteiger partial charge in [-0.3, -0.25) is 4.79 Å². The van der Waals surface area contributed by atoms with Crippen LogP contribution in [0, 0.1) is 0 Å². The molecule has 1 atom stereocenters. The van der Waals surface area contributed by atoms with Gasteiger partial charge in [-0.05, 0) is 48.9 Å². The molecule has 150 valence electrons. The second kappa shape index (κ2) is 9.34. The van der Waals surface area contributed by atoms with Crippen molar-refractivity contribution in [2.24, 2.45) is 0 Å². The fourth-order valence-corrected chi connectivity index (χ4v) is 3.76. The Morgan fingerprint density at radius 1 is 1.07 bits per heavy atom. The van der Waals surface area contributed by atoms with Gasteiger partial charge in [-0.15, -0.1) is 0 Å². The Hall–Kier alpha value is -2.91. The van der Waals surface area contributed by atoms with Gasteiger partial charge >= 0.3 is 0 Å². The lowest BCUT2D eigenvalue weighted by atomic mass is 10.0. The topological polar surface area (TPSA) is 125 Å². The van der Waals surface area contributed by atoms with Gasteiger partial charge in [0.15, 0.2) is 0 Å². The van der Waals surface area contributed by atoms with E-state index in [-0.39, 0.29) is 10.8 Å². The lowest BCUT2D eigenvalue weighted by molar-refractivity contribution is -0.306. The molecule has 9 heteroatoms. The highest BCUT2D eigenvalue weighted by Gasteiger charge is 2.22. The number of hydrogen-bond donors (Lipinski definition) is 2. The number of carboxylic acid groups (broad SMARTS) is 1. The minimum atomic E-state index is -4.00. The number of sulfonamides is 1. The predicted molar refractivity (Wildman–Crippen MR) is 101 cm³/mol. The first kappa shape index (κ1) is 21.4. The fourth-order valence-electron chi connectivity index (χ4n) is 2.53. The number of anilines is 1. The number of ether oxygens (including phenoxy) is 1. The molecule has 2 N–H and O–H groups in total. The summed E-state index contributed by atoms with van der Waals surface area (Å²) in [6, 6.07) is 11.0. The van der Waals surface area contributed by atoms with Gasteiger partial charge in [0.25, 0.3) is 0 Å². The van der Waals surface area contributed by atoms with Gasteiger partial charge in [-0.25, -0.2) is 13.1 Å². The number of carbonyl (C=O) groups excluding carboxylic acids is 2. The van der Waals surface area contributed by atoms with E-state index in [2.05, 4.69) is 10.0 Å². The third-order valence-corrected chi connectivity index (χ3v) is 5.23. The summed E-state index contributed by atoms with van der Waals surface area (Å²) < 4.78 is 33.1. The summed E-state index contributed by atoms with van der Waals surface area (Å²) in [5.41, 5.74) is 0.912. The molecule has 0 heterocycles. The van der Waals surface area contributed by atoms with Crippen LogP contribution < -0.4 is 19.9 Å². The average Bonchev–Trinajstić information content (AvgIpc) is 2.61. The van der Waals surface area contributed by atoms with Crippen LogP contribution in [0.2, 0.25) is 0 Å². The molecule has 0 aromatic heterocycles. The predicted octanol–water partition coefficient (Wildman–Crippen LogP) is 1.20. The van der Waals surface area contributed by atoms with Crippen LogP contribution in [0.5, 0.6) is 5.75 Å². The lowest BCUT2D eigenvalue weighted by Gasteiger charge is -2.20. The van der Waals surface area contributed by atoms with Crippen molar-refractivity contribution in [2.45, 2.75) is 31.2 Å². The van der Waals surface area contributed by atoms with Crippen molar-refractivity contribution in [3.05, 3.63) is 54.1 Å². The van der Waals surface area contributed by atoms with E-state index in [0.29, 0.717) is 23.6 Å². The first-order valence-corrected chi connectivity index (χ1v) is 10.0. The summed E-state index contributed by atoms with van der Waals surface area (Å²) in [5.74, 6) is -1.07. The zero-order valence-electron chi connectivity index (χ0n) is 15.5. The molecule has 0 bridgehead atoms. The molecular formula is C19H21N2O6S-. The molecular weight excluding hydrogens is 384 g/mol. The normalized spacial score (nSPS) is 12.2. The molecule has 2 aromatic carbocycles. The van der Waals surface area contributed by atoms with Crippen molar-refractivity contribution in [3.8, 4) is 5.75 Å². The zero-order valence-corrected chi connectivity index (χ0v) is 16.3. The van der Waals surface area contributed by atoms with E-state index in [1.807, 2.05) is 6.92 Å². The maximum absolute atomic E-state index is 12.7. The molecule has 0 aliphatic rings. The summed E-state index contributed by atoms with van der Waals surface area (Å²) in [6.45, 7) is 3.65. The number of rotatable bonds is 9. The Morgan fingerprint density at radius 3 is 2.18 bits per heavy atom. The maximum Gasteiger partial charge on any atom is 0.241 e. The standard InChI is InChI=1S/C19H22N2O6S/c1-3-27-16-8-4-14(5-9-16)18(12-19(23)24)21-28(25,26)17-10-6-15(7-11-17)20-13(2)22/h4-11,18,21H,3,12H2,1-2H3,(H,20,22)(H,23,24)/p-1/t18-/m0/s1. The highest BCUT2D eigenvalue weighted by atomic mass is 32.2. The SMILES string of the molecule is CCOc1ccc([C@H](CC(=O)[O-])NS(=O)(=O)c2ccc(NC(C)=O)cc2)cc1. The molecule has 0 fully saturated rings. The molecule has 8 nitrogen and oxygen atoms in total. The van der Waals surface area contributed by atoms with Crippen molar-refractivity contribution in [3.63, 3.8) is 0 Å². The second-order valence-electron chi connectivity index (χ2n) is 5.96. The molecule has 0 spiro atoms. The first-order chi connectivity index (χ1) is 13.2. The quantitative estimate of drug-likeness (QED) is 0.646. The summed E-state index contributed by atoms with van der Waals surface area (Å²) in [6.07, 6.45) is -0.531. The first-order valence-electron chi connectivity index (χ1n) is 8.54. The second-order valence-corrected chi connectivity index (χ2v) is 7.67. The van der Waals surface area contributed by atoms with Gasteiger partial charge in [-0.1, -0.05) is 12.1 Å². The number of carboxylic acids is 1.